The summed E-state index contributed by atoms with van der Waals surface area (Å²) >= 11 is 0. The number of nitrogens with one attached hydrogen (secondary N) is 1. The summed E-state index contributed by atoms with van der Waals surface area (Å²) in [5.74, 6) is 0. The van der Waals surface area contributed by atoms with Crippen LogP contribution in [-0.4, -0.2) is 31.5 Å². The Morgan fingerprint density at radius 2 is 1.76 bits per heavy atom. The molecule has 1 unspecified atom stereocenters. The Labute approximate surface area is 102 Å². The minimum atomic E-state index is -4.02. The van der Waals surface area contributed by atoms with Crippen molar-refractivity contribution in [2.75, 3.05) is 13.2 Å². The standard InChI is InChI=1S/C12H24F3NO/c1-10(2)17-9-5-8-16-11(3)6-4-7-12(13,14)15/h10-11,16H,4-9H2,1-3H3. The summed E-state index contributed by atoms with van der Waals surface area (Å²) < 4.78 is 41.1. The van der Waals surface area contributed by atoms with Gasteiger partial charge in [-0.05, 0) is 46.6 Å². The fraction of sp³-hybridized carbons (Fsp3) is 1.00. The molecule has 0 fully saturated rings. The highest BCUT2D eigenvalue weighted by molar-refractivity contribution is 4.62. The van der Waals surface area contributed by atoms with Gasteiger partial charge in [-0.15, -0.1) is 0 Å². The van der Waals surface area contributed by atoms with E-state index in [1.807, 2.05) is 20.8 Å². The maximum atomic E-state index is 11.9. The monoisotopic (exact) mass is 255 g/mol. The average molecular weight is 255 g/mol. The van der Waals surface area contributed by atoms with Gasteiger partial charge in [0.1, 0.15) is 0 Å². The Morgan fingerprint density at radius 3 is 2.29 bits per heavy atom. The van der Waals surface area contributed by atoms with E-state index in [0.29, 0.717) is 13.0 Å². The van der Waals surface area contributed by atoms with Crippen LogP contribution in [0.2, 0.25) is 0 Å². The minimum absolute atomic E-state index is 0.136. The van der Waals surface area contributed by atoms with Crippen molar-refractivity contribution in [3.8, 4) is 0 Å². The second-order valence-corrected chi connectivity index (χ2v) is 4.64. The van der Waals surface area contributed by atoms with E-state index in [4.69, 9.17) is 4.74 Å². The van der Waals surface area contributed by atoms with Crippen LogP contribution in [0.3, 0.4) is 0 Å². The van der Waals surface area contributed by atoms with Crippen LogP contribution in [0.1, 0.15) is 46.5 Å². The third kappa shape index (κ3) is 13.6. The molecule has 1 N–H and O–H groups in total. The third-order valence-corrected chi connectivity index (χ3v) is 2.36. The van der Waals surface area contributed by atoms with Crippen LogP contribution in [0.15, 0.2) is 0 Å². The molecule has 0 bridgehead atoms. The van der Waals surface area contributed by atoms with Crippen molar-refractivity contribution in [3.63, 3.8) is 0 Å². The molecule has 0 amide bonds. The van der Waals surface area contributed by atoms with E-state index in [2.05, 4.69) is 5.32 Å². The summed E-state index contributed by atoms with van der Waals surface area (Å²) in [5, 5.41) is 3.20. The van der Waals surface area contributed by atoms with Crippen LogP contribution in [0.4, 0.5) is 13.2 Å². The molecule has 0 aromatic heterocycles. The summed E-state index contributed by atoms with van der Waals surface area (Å²) in [6.07, 6.45) is -2.83. The van der Waals surface area contributed by atoms with Crippen LogP contribution < -0.4 is 5.32 Å². The normalized spacial score (nSPS) is 14.3. The molecule has 0 aromatic carbocycles. The largest absolute Gasteiger partial charge is 0.389 e. The van der Waals surface area contributed by atoms with Crippen molar-refractivity contribution >= 4 is 0 Å². The van der Waals surface area contributed by atoms with Crippen molar-refractivity contribution in [1.29, 1.82) is 0 Å². The molecule has 0 aliphatic carbocycles. The molecule has 104 valence electrons. The lowest BCUT2D eigenvalue weighted by Gasteiger charge is -2.14. The van der Waals surface area contributed by atoms with Crippen molar-refractivity contribution in [2.24, 2.45) is 0 Å². The Balaban J connectivity index is 3.32. The number of alkyl halides is 3. The highest BCUT2D eigenvalue weighted by Gasteiger charge is 2.26. The lowest BCUT2D eigenvalue weighted by atomic mass is 10.1. The molecule has 0 heterocycles. The smallest absolute Gasteiger partial charge is 0.379 e. The number of hydrogen-bond acceptors (Lipinski definition) is 2. The van der Waals surface area contributed by atoms with E-state index < -0.39 is 12.6 Å². The van der Waals surface area contributed by atoms with Gasteiger partial charge in [-0.3, -0.25) is 0 Å². The molecule has 0 spiro atoms. The van der Waals surface area contributed by atoms with Gasteiger partial charge in [-0.1, -0.05) is 0 Å². The Kier molecular flexibility index (Phi) is 8.60. The van der Waals surface area contributed by atoms with E-state index >= 15 is 0 Å². The quantitative estimate of drug-likeness (QED) is 0.637. The zero-order chi connectivity index (χ0) is 13.3. The van der Waals surface area contributed by atoms with Gasteiger partial charge in [-0.2, -0.15) is 13.2 Å². The molecule has 0 aliphatic rings. The Morgan fingerprint density at radius 1 is 1.12 bits per heavy atom. The predicted molar refractivity (Wildman–Crippen MR) is 63.1 cm³/mol. The van der Waals surface area contributed by atoms with Crippen molar-refractivity contribution in [2.45, 2.75) is 64.8 Å². The van der Waals surface area contributed by atoms with Gasteiger partial charge in [0.2, 0.25) is 0 Å². The van der Waals surface area contributed by atoms with Gasteiger partial charge in [0.05, 0.1) is 6.10 Å². The molecule has 17 heavy (non-hydrogen) atoms. The zero-order valence-corrected chi connectivity index (χ0v) is 10.9. The topological polar surface area (TPSA) is 21.3 Å². The van der Waals surface area contributed by atoms with Crippen LogP contribution in [0.5, 0.6) is 0 Å². The molecule has 0 aliphatic heterocycles. The summed E-state index contributed by atoms with van der Waals surface area (Å²) in [6, 6.07) is 0.136. The molecule has 0 saturated heterocycles. The summed E-state index contributed by atoms with van der Waals surface area (Å²) in [5.41, 5.74) is 0. The van der Waals surface area contributed by atoms with Gasteiger partial charge in [-0.25, -0.2) is 0 Å². The van der Waals surface area contributed by atoms with E-state index in [9.17, 15) is 13.2 Å². The van der Waals surface area contributed by atoms with E-state index in [-0.39, 0.29) is 18.6 Å². The van der Waals surface area contributed by atoms with Crippen molar-refractivity contribution in [1.82, 2.24) is 5.32 Å². The second-order valence-electron chi connectivity index (χ2n) is 4.64. The zero-order valence-electron chi connectivity index (χ0n) is 10.9. The fourth-order valence-corrected chi connectivity index (χ4v) is 1.45. The molecular weight excluding hydrogens is 231 g/mol. The molecule has 0 rings (SSSR count). The van der Waals surface area contributed by atoms with Gasteiger partial charge < -0.3 is 10.1 Å². The van der Waals surface area contributed by atoms with Crippen LogP contribution in [0.25, 0.3) is 0 Å². The SMILES string of the molecule is CC(CCCC(F)(F)F)NCCCOC(C)C. The molecule has 5 heteroatoms. The maximum absolute atomic E-state index is 11.9. The molecule has 1 atom stereocenters. The molecule has 0 saturated carbocycles. The average Bonchev–Trinajstić information content (AvgIpc) is 2.14. The minimum Gasteiger partial charge on any atom is -0.379 e. The number of halogens is 3. The first-order valence-electron chi connectivity index (χ1n) is 6.23. The molecule has 0 radical (unpaired) electrons. The van der Waals surface area contributed by atoms with Gasteiger partial charge in [0.15, 0.2) is 0 Å². The van der Waals surface area contributed by atoms with E-state index in [0.717, 1.165) is 13.0 Å². The Hall–Kier alpha value is -0.290. The predicted octanol–water partition coefficient (Wildman–Crippen LogP) is 3.51. The first-order chi connectivity index (χ1) is 7.81. The maximum Gasteiger partial charge on any atom is 0.389 e. The summed E-state index contributed by atoms with van der Waals surface area (Å²) in [4.78, 5) is 0. The first-order valence-corrected chi connectivity index (χ1v) is 6.23. The Bertz CT molecular complexity index is 183. The van der Waals surface area contributed by atoms with Gasteiger partial charge in [0, 0.05) is 19.1 Å². The lowest BCUT2D eigenvalue weighted by molar-refractivity contribution is -0.135. The molecule has 2 nitrogen and oxygen atoms in total. The third-order valence-electron chi connectivity index (χ3n) is 2.36. The van der Waals surface area contributed by atoms with E-state index in [1.54, 1.807) is 0 Å². The summed E-state index contributed by atoms with van der Waals surface area (Å²) in [6.45, 7) is 7.36. The van der Waals surface area contributed by atoms with Gasteiger partial charge >= 0.3 is 6.18 Å². The number of ether oxygens (including phenoxy) is 1. The van der Waals surface area contributed by atoms with Gasteiger partial charge in [0.25, 0.3) is 0 Å². The number of hydrogen-bond donors (Lipinski definition) is 1. The second kappa shape index (κ2) is 8.75. The van der Waals surface area contributed by atoms with Crippen LogP contribution in [-0.2, 0) is 4.74 Å². The lowest BCUT2D eigenvalue weighted by Crippen LogP contribution is -2.28. The van der Waals surface area contributed by atoms with Crippen molar-refractivity contribution < 1.29 is 17.9 Å². The van der Waals surface area contributed by atoms with E-state index in [1.165, 1.54) is 0 Å². The first kappa shape index (κ1) is 16.7. The highest BCUT2D eigenvalue weighted by Crippen LogP contribution is 2.22. The number of rotatable bonds is 9. The van der Waals surface area contributed by atoms with Crippen molar-refractivity contribution in [3.05, 3.63) is 0 Å². The highest BCUT2D eigenvalue weighted by atomic mass is 19.4. The van der Waals surface area contributed by atoms with Crippen LogP contribution >= 0.6 is 0 Å². The fourth-order valence-electron chi connectivity index (χ4n) is 1.45. The molecular formula is C12H24F3NO. The summed E-state index contributed by atoms with van der Waals surface area (Å²) in [7, 11) is 0. The molecule has 0 aromatic rings. The van der Waals surface area contributed by atoms with Crippen LogP contribution in [0, 0.1) is 0 Å².